The van der Waals surface area contributed by atoms with Crippen LogP contribution in [0.15, 0.2) is 61.1 Å². The van der Waals surface area contributed by atoms with Gasteiger partial charge in [-0.25, -0.2) is 9.97 Å². The first-order valence-electron chi connectivity index (χ1n) is 10.9. The van der Waals surface area contributed by atoms with Crippen molar-refractivity contribution in [2.45, 2.75) is 19.4 Å². The molecule has 1 N–H and O–H groups in total. The van der Waals surface area contributed by atoms with E-state index in [2.05, 4.69) is 31.2 Å². The molecule has 1 fully saturated rings. The number of pyridine rings is 1. The minimum Gasteiger partial charge on any atom is -0.489 e. The summed E-state index contributed by atoms with van der Waals surface area (Å²) in [4.78, 5) is 15.6. The quantitative estimate of drug-likeness (QED) is 0.407. The van der Waals surface area contributed by atoms with E-state index in [4.69, 9.17) is 21.1 Å². The van der Waals surface area contributed by atoms with Gasteiger partial charge in [0.05, 0.1) is 39.9 Å². The molecule has 1 aliphatic heterocycles. The molecular formula is C25H21ClN5O2. The number of anilines is 3. The van der Waals surface area contributed by atoms with E-state index < -0.39 is 0 Å². The van der Waals surface area contributed by atoms with Gasteiger partial charge in [0.1, 0.15) is 31.1 Å². The van der Waals surface area contributed by atoms with Crippen LogP contribution in [0.1, 0.15) is 18.5 Å². The topological polar surface area (TPSA) is 72.4 Å². The van der Waals surface area contributed by atoms with Crippen molar-refractivity contribution in [2.24, 2.45) is 0 Å². The second-order valence-electron chi connectivity index (χ2n) is 7.98. The van der Waals surface area contributed by atoms with E-state index >= 15 is 0 Å². The molecule has 0 amide bonds. The van der Waals surface area contributed by atoms with Crippen molar-refractivity contribution in [3.8, 4) is 11.5 Å². The van der Waals surface area contributed by atoms with Crippen LogP contribution in [0.4, 0.5) is 17.2 Å². The van der Waals surface area contributed by atoms with Crippen molar-refractivity contribution in [2.75, 3.05) is 23.4 Å². The summed E-state index contributed by atoms with van der Waals surface area (Å²) >= 11 is 6.50. The number of hydrogen-bond acceptors (Lipinski definition) is 7. The third-order valence-electron chi connectivity index (χ3n) is 5.74. The Morgan fingerprint density at radius 2 is 2.00 bits per heavy atom. The molecule has 1 aliphatic carbocycles. The Morgan fingerprint density at radius 3 is 2.82 bits per heavy atom. The maximum absolute atomic E-state index is 6.50. The highest BCUT2D eigenvalue weighted by atomic mass is 35.5. The number of fused-ring (bicyclic) bond motifs is 3. The first-order chi connectivity index (χ1) is 16.3. The largest absolute Gasteiger partial charge is 0.489 e. The van der Waals surface area contributed by atoms with Crippen LogP contribution in [0.5, 0.6) is 11.5 Å². The Kier molecular flexibility index (Phi) is 5.11. The van der Waals surface area contributed by atoms with Crippen LogP contribution in [0, 0.1) is 6.04 Å². The van der Waals surface area contributed by atoms with Gasteiger partial charge in [0.15, 0.2) is 5.75 Å². The van der Waals surface area contributed by atoms with Gasteiger partial charge in [-0.15, -0.1) is 0 Å². The molecule has 2 aliphatic rings. The predicted octanol–water partition coefficient (Wildman–Crippen LogP) is 5.53. The SMILES string of the molecule is Clc1cc(Nc2ncnc3ccc4c(c23)OCCN4[C]2CC2)ccc1OCc1ccccn1. The molecule has 0 unspecified atom stereocenters. The lowest BCUT2D eigenvalue weighted by Gasteiger charge is -2.31. The molecule has 165 valence electrons. The normalized spacial score (nSPS) is 15.1. The number of benzene rings is 2. The molecule has 1 radical (unpaired) electrons. The molecule has 33 heavy (non-hydrogen) atoms. The zero-order valence-corrected chi connectivity index (χ0v) is 18.5. The van der Waals surface area contributed by atoms with Gasteiger partial charge in [0.25, 0.3) is 0 Å². The third kappa shape index (κ3) is 4.00. The average Bonchev–Trinajstić information content (AvgIpc) is 3.69. The molecule has 0 spiro atoms. The first-order valence-corrected chi connectivity index (χ1v) is 11.3. The lowest BCUT2D eigenvalue weighted by atomic mass is 10.1. The van der Waals surface area contributed by atoms with Crippen LogP contribution in [0.3, 0.4) is 0 Å². The van der Waals surface area contributed by atoms with Crippen LogP contribution < -0.4 is 19.7 Å². The number of aromatic nitrogens is 3. The van der Waals surface area contributed by atoms with Gasteiger partial charge < -0.3 is 19.7 Å². The van der Waals surface area contributed by atoms with Crippen molar-refractivity contribution in [1.82, 2.24) is 15.0 Å². The minimum absolute atomic E-state index is 0.350. The Morgan fingerprint density at radius 1 is 1.06 bits per heavy atom. The van der Waals surface area contributed by atoms with E-state index in [-0.39, 0.29) is 0 Å². The predicted molar refractivity (Wildman–Crippen MR) is 128 cm³/mol. The number of nitrogens with one attached hydrogen (secondary N) is 1. The lowest BCUT2D eigenvalue weighted by Crippen LogP contribution is -2.31. The van der Waals surface area contributed by atoms with Gasteiger partial charge in [-0.3, -0.25) is 4.98 Å². The van der Waals surface area contributed by atoms with Crippen molar-refractivity contribution >= 4 is 39.7 Å². The van der Waals surface area contributed by atoms with Gasteiger partial charge in [-0.2, -0.15) is 0 Å². The van der Waals surface area contributed by atoms with Crippen LogP contribution >= 0.6 is 11.6 Å². The van der Waals surface area contributed by atoms with E-state index in [1.165, 1.54) is 6.04 Å². The van der Waals surface area contributed by atoms with Crippen LogP contribution in [0.2, 0.25) is 5.02 Å². The van der Waals surface area contributed by atoms with Gasteiger partial charge in [0, 0.05) is 11.9 Å². The third-order valence-corrected chi connectivity index (χ3v) is 6.03. The maximum atomic E-state index is 6.50. The molecule has 3 heterocycles. The molecule has 8 heteroatoms. The molecule has 0 bridgehead atoms. The van der Waals surface area contributed by atoms with Crippen molar-refractivity contribution in [3.63, 3.8) is 0 Å². The van der Waals surface area contributed by atoms with E-state index in [1.54, 1.807) is 12.5 Å². The summed E-state index contributed by atoms with van der Waals surface area (Å²) in [6, 6.07) is 16.9. The number of rotatable bonds is 6. The molecule has 6 rings (SSSR count). The van der Waals surface area contributed by atoms with Gasteiger partial charge in [-0.05, 0) is 55.3 Å². The lowest BCUT2D eigenvalue weighted by molar-refractivity contribution is 0.301. The average molecular weight is 459 g/mol. The molecule has 0 atom stereocenters. The highest BCUT2D eigenvalue weighted by Crippen LogP contribution is 2.47. The molecule has 2 aromatic carbocycles. The van der Waals surface area contributed by atoms with Crippen LogP contribution in [-0.4, -0.2) is 28.1 Å². The molecule has 0 saturated heterocycles. The molecule has 4 aromatic rings. The molecule has 1 saturated carbocycles. The highest BCUT2D eigenvalue weighted by molar-refractivity contribution is 6.32. The summed E-state index contributed by atoms with van der Waals surface area (Å²) in [7, 11) is 0. The number of nitrogens with zero attached hydrogens (tertiary/aromatic N) is 4. The Balaban J connectivity index is 1.28. The summed E-state index contributed by atoms with van der Waals surface area (Å²) in [5.41, 5.74) is 3.55. The second kappa shape index (κ2) is 8.41. The number of halogens is 1. The van der Waals surface area contributed by atoms with E-state index in [1.807, 2.05) is 42.5 Å². The Bertz CT molecular complexity index is 1310. The van der Waals surface area contributed by atoms with Crippen LogP contribution in [-0.2, 0) is 6.61 Å². The summed E-state index contributed by atoms with van der Waals surface area (Å²) in [6.07, 6.45) is 5.60. The fourth-order valence-corrected chi connectivity index (χ4v) is 4.28. The number of hydrogen-bond donors (Lipinski definition) is 1. The maximum Gasteiger partial charge on any atom is 0.155 e. The summed E-state index contributed by atoms with van der Waals surface area (Å²) in [5.74, 6) is 2.10. The summed E-state index contributed by atoms with van der Waals surface area (Å²) in [6.45, 7) is 1.86. The van der Waals surface area contributed by atoms with Crippen LogP contribution in [0.25, 0.3) is 10.9 Å². The van der Waals surface area contributed by atoms with Gasteiger partial charge in [0.2, 0.25) is 0 Å². The summed E-state index contributed by atoms with van der Waals surface area (Å²) < 4.78 is 12.0. The smallest absolute Gasteiger partial charge is 0.155 e. The standard InChI is InChI=1S/C25H21ClN5O2/c26-19-13-16(4-9-22(19)33-14-17-3-1-2-10-27-17)30-25-23-20(28-15-29-25)7-8-21-24(23)32-12-11-31(21)18-5-6-18/h1-4,7-10,13,15H,5-6,11-12,14H2,(H,28,29,30). The highest BCUT2D eigenvalue weighted by Gasteiger charge is 2.34. The summed E-state index contributed by atoms with van der Waals surface area (Å²) in [5, 5.41) is 4.76. The van der Waals surface area contributed by atoms with Gasteiger partial charge in [-0.1, -0.05) is 17.7 Å². The van der Waals surface area contributed by atoms with Crippen molar-refractivity contribution < 1.29 is 9.47 Å². The number of ether oxygens (including phenoxy) is 2. The fourth-order valence-electron chi connectivity index (χ4n) is 4.05. The minimum atomic E-state index is 0.350. The van der Waals surface area contributed by atoms with Gasteiger partial charge >= 0.3 is 0 Å². The zero-order chi connectivity index (χ0) is 22.2. The fraction of sp³-hybridized carbons (Fsp3) is 0.200. The zero-order valence-electron chi connectivity index (χ0n) is 17.8. The Labute approximate surface area is 196 Å². The van der Waals surface area contributed by atoms with E-state index in [0.29, 0.717) is 29.8 Å². The van der Waals surface area contributed by atoms with E-state index in [0.717, 1.165) is 53.1 Å². The van der Waals surface area contributed by atoms with E-state index in [9.17, 15) is 0 Å². The van der Waals surface area contributed by atoms with Crippen molar-refractivity contribution in [1.29, 1.82) is 0 Å². The molecule has 2 aromatic heterocycles. The second-order valence-corrected chi connectivity index (χ2v) is 8.38. The van der Waals surface area contributed by atoms with Crippen molar-refractivity contribution in [3.05, 3.63) is 77.8 Å². The first kappa shape index (κ1) is 20.1. The molecule has 7 nitrogen and oxygen atoms in total. The Hall–Kier alpha value is -3.58. The monoisotopic (exact) mass is 458 g/mol. The molecular weight excluding hydrogens is 438 g/mol.